The molecule has 0 bridgehead atoms. The van der Waals surface area contributed by atoms with Crippen molar-refractivity contribution in [3.8, 4) is 0 Å². The lowest BCUT2D eigenvalue weighted by molar-refractivity contribution is -0.322. The standard InChI is InChI=1S/C10H14O5/c1-5-8(11)14-10(13,6-2)15-9(12)7(3)4/h5,13H,1,3,6H2,2,4H3. The molecular formula is C10H14O5. The lowest BCUT2D eigenvalue weighted by atomic mass is 10.3. The first-order valence-electron chi connectivity index (χ1n) is 4.31. The van der Waals surface area contributed by atoms with E-state index in [4.69, 9.17) is 0 Å². The SMILES string of the molecule is C=CC(=O)OC(O)(CC)OC(=O)C(=C)C. The molecule has 0 aromatic rings. The monoisotopic (exact) mass is 214 g/mol. The van der Waals surface area contributed by atoms with E-state index >= 15 is 0 Å². The summed E-state index contributed by atoms with van der Waals surface area (Å²) in [5.74, 6) is -3.98. The fourth-order valence-electron chi connectivity index (χ4n) is 0.596. The third-order valence-electron chi connectivity index (χ3n) is 1.47. The fourth-order valence-corrected chi connectivity index (χ4v) is 0.596. The first-order chi connectivity index (χ1) is 6.84. The Hall–Kier alpha value is -1.62. The second-order valence-corrected chi connectivity index (χ2v) is 2.86. The Morgan fingerprint density at radius 1 is 1.47 bits per heavy atom. The van der Waals surface area contributed by atoms with E-state index in [1.54, 1.807) is 0 Å². The van der Waals surface area contributed by atoms with Gasteiger partial charge in [0.2, 0.25) is 0 Å². The summed E-state index contributed by atoms with van der Waals surface area (Å²) in [6.45, 7) is 9.37. The van der Waals surface area contributed by atoms with Gasteiger partial charge in [-0.15, -0.1) is 0 Å². The molecule has 5 nitrogen and oxygen atoms in total. The van der Waals surface area contributed by atoms with Crippen molar-refractivity contribution >= 4 is 11.9 Å². The van der Waals surface area contributed by atoms with Gasteiger partial charge in [-0.25, -0.2) is 9.59 Å². The maximum Gasteiger partial charge on any atom is 0.373 e. The summed E-state index contributed by atoms with van der Waals surface area (Å²) in [6.07, 6.45) is 0.765. The number of ether oxygens (including phenoxy) is 2. The van der Waals surface area contributed by atoms with Crippen LogP contribution in [0.25, 0.3) is 0 Å². The molecular weight excluding hydrogens is 200 g/mol. The van der Waals surface area contributed by atoms with Crippen molar-refractivity contribution in [2.45, 2.75) is 26.2 Å². The molecule has 0 radical (unpaired) electrons. The van der Waals surface area contributed by atoms with E-state index in [2.05, 4.69) is 22.6 Å². The van der Waals surface area contributed by atoms with Gasteiger partial charge in [0.05, 0.1) is 6.42 Å². The normalized spacial score (nSPS) is 13.5. The molecule has 0 rings (SSSR count). The van der Waals surface area contributed by atoms with E-state index in [1.165, 1.54) is 13.8 Å². The molecule has 5 heteroatoms. The van der Waals surface area contributed by atoms with Crippen LogP contribution in [0.5, 0.6) is 0 Å². The summed E-state index contributed by atoms with van der Waals surface area (Å²) in [4.78, 5) is 21.9. The maximum absolute atomic E-state index is 11.1. The zero-order chi connectivity index (χ0) is 12.1. The number of carbonyl (C=O) groups is 2. The fraction of sp³-hybridized carbons (Fsp3) is 0.400. The van der Waals surface area contributed by atoms with Crippen LogP contribution in [0.15, 0.2) is 24.8 Å². The summed E-state index contributed by atoms with van der Waals surface area (Å²) in [5, 5.41) is 9.57. The Morgan fingerprint density at radius 3 is 2.33 bits per heavy atom. The summed E-state index contributed by atoms with van der Waals surface area (Å²) < 4.78 is 9.02. The predicted molar refractivity (Wildman–Crippen MR) is 52.4 cm³/mol. The van der Waals surface area contributed by atoms with Crippen molar-refractivity contribution in [2.75, 3.05) is 0 Å². The van der Waals surface area contributed by atoms with E-state index in [0.29, 0.717) is 0 Å². The molecule has 0 saturated carbocycles. The highest BCUT2D eigenvalue weighted by atomic mass is 16.8. The zero-order valence-electron chi connectivity index (χ0n) is 8.78. The second-order valence-electron chi connectivity index (χ2n) is 2.86. The minimum Gasteiger partial charge on any atom is -0.395 e. The van der Waals surface area contributed by atoms with E-state index in [0.717, 1.165) is 6.08 Å². The van der Waals surface area contributed by atoms with Crippen molar-refractivity contribution in [1.29, 1.82) is 0 Å². The van der Waals surface area contributed by atoms with Crippen molar-refractivity contribution in [3.63, 3.8) is 0 Å². The molecule has 0 aliphatic carbocycles. The first-order valence-corrected chi connectivity index (χ1v) is 4.31. The van der Waals surface area contributed by atoms with Gasteiger partial charge in [-0.3, -0.25) is 0 Å². The van der Waals surface area contributed by atoms with Crippen LogP contribution in [-0.4, -0.2) is 23.0 Å². The Labute approximate surface area is 88.0 Å². The average molecular weight is 214 g/mol. The van der Waals surface area contributed by atoms with Crippen LogP contribution in [-0.2, 0) is 19.1 Å². The highest BCUT2D eigenvalue weighted by Gasteiger charge is 2.33. The van der Waals surface area contributed by atoms with Gasteiger partial charge >= 0.3 is 17.9 Å². The minimum absolute atomic E-state index is 0.0917. The first kappa shape index (κ1) is 13.4. The predicted octanol–water partition coefficient (Wildman–Crippen LogP) is 0.891. The van der Waals surface area contributed by atoms with Crippen molar-refractivity contribution in [3.05, 3.63) is 24.8 Å². The number of hydrogen-bond acceptors (Lipinski definition) is 5. The van der Waals surface area contributed by atoms with Crippen LogP contribution in [0.2, 0.25) is 0 Å². The van der Waals surface area contributed by atoms with Crippen LogP contribution < -0.4 is 0 Å². The number of aliphatic hydroxyl groups is 1. The second kappa shape index (κ2) is 5.31. The summed E-state index contributed by atoms with van der Waals surface area (Å²) >= 11 is 0. The van der Waals surface area contributed by atoms with Gasteiger partial charge < -0.3 is 14.6 Å². The Balaban J connectivity index is 4.56. The highest BCUT2D eigenvalue weighted by molar-refractivity contribution is 5.87. The third-order valence-corrected chi connectivity index (χ3v) is 1.47. The van der Waals surface area contributed by atoms with E-state index in [1.807, 2.05) is 0 Å². The molecule has 0 saturated heterocycles. The molecule has 1 unspecified atom stereocenters. The number of carbonyl (C=O) groups excluding carboxylic acids is 2. The van der Waals surface area contributed by atoms with E-state index < -0.39 is 17.9 Å². The van der Waals surface area contributed by atoms with Crippen LogP contribution in [0.4, 0.5) is 0 Å². The molecule has 84 valence electrons. The number of hydrogen-bond donors (Lipinski definition) is 1. The molecule has 0 fully saturated rings. The summed E-state index contributed by atoms with van der Waals surface area (Å²) in [7, 11) is 0. The average Bonchev–Trinajstić information content (AvgIpc) is 2.17. The molecule has 0 aliphatic rings. The van der Waals surface area contributed by atoms with Gasteiger partial charge in [-0.2, -0.15) is 0 Å². The molecule has 0 aromatic heterocycles. The topological polar surface area (TPSA) is 72.8 Å². The van der Waals surface area contributed by atoms with Crippen LogP contribution >= 0.6 is 0 Å². The van der Waals surface area contributed by atoms with Gasteiger partial charge in [0.15, 0.2) is 0 Å². The largest absolute Gasteiger partial charge is 0.395 e. The highest BCUT2D eigenvalue weighted by Crippen LogP contribution is 2.16. The molecule has 15 heavy (non-hydrogen) atoms. The van der Waals surface area contributed by atoms with Gasteiger partial charge in [-0.05, 0) is 6.92 Å². The molecule has 1 atom stereocenters. The van der Waals surface area contributed by atoms with Crippen LogP contribution in [0, 0.1) is 0 Å². The smallest absolute Gasteiger partial charge is 0.373 e. The molecule has 0 heterocycles. The summed E-state index contributed by atoms with van der Waals surface area (Å²) in [6, 6.07) is 0. The zero-order valence-corrected chi connectivity index (χ0v) is 8.78. The molecule has 0 spiro atoms. The maximum atomic E-state index is 11.1. The molecule has 0 amide bonds. The lowest BCUT2D eigenvalue weighted by Crippen LogP contribution is -2.39. The molecule has 0 aromatic carbocycles. The molecule has 1 N–H and O–H groups in total. The van der Waals surface area contributed by atoms with Crippen molar-refractivity contribution < 1.29 is 24.2 Å². The third kappa shape index (κ3) is 4.42. The van der Waals surface area contributed by atoms with Gasteiger partial charge in [0.1, 0.15) is 0 Å². The van der Waals surface area contributed by atoms with Gasteiger partial charge in [-0.1, -0.05) is 20.1 Å². The van der Waals surface area contributed by atoms with Gasteiger partial charge in [0, 0.05) is 11.6 Å². The van der Waals surface area contributed by atoms with Gasteiger partial charge in [0.25, 0.3) is 0 Å². The Morgan fingerprint density at radius 2 is 2.00 bits per heavy atom. The minimum atomic E-state index is -2.26. The lowest BCUT2D eigenvalue weighted by Gasteiger charge is -2.24. The van der Waals surface area contributed by atoms with E-state index in [-0.39, 0.29) is 12.0 Å². The van der Waals surface area contributed by atoms with Crippen LogP contribution in [0.1, 0.15) is 20.3 Å². The van der Waals surface area contributed by atoms with Crippen LogP contribution in [0.3, 0.4) is 0 Å². The number of rotatable bonds is 5. The number of esters is 2. The molecule has 0 aliphatic heterocycles. The Kier molecular flexibility index (Phi) is 4.73. The summed E-state index contributed by atoms with van der Waals surface area (Å²) in [5.41, 5.74) is 0.0940. The van der Waals surface area contributed by atoms with Crippen molar-refractivity contribution in [2.24, 2.45) is 0 Å². The van der Waals surface area contributed by atoms with E-state index in [9.17, 15) is 14.7 Å². The van der Waals surface area contributed by atoms with Crippen molar-refractivity contribution in [1.82, 2.24) is 0 Å². The Bertz CT molecular complexity index is 294. The quantitative estimate of drug-likeness (QED) is 0.418.